The monoisotopic (exact) mass is 401 g/mol. The van der Waals surface area contributed by atoms with Gasteiger partial charge in [-0.15, -0.1) is 0 Å². The second-order valence-corrected chi connectivity index (χ2v) is 7.79. The molecule has 1 aliphatic heterocycles. The first kappa shape index (κ1) is 21.5. The Bertz CT molecular complexity index is 803. The number of hydrogen-bond donors (Lipinski definition) is 0. The normalized spacial score (nSPS) is 21.9. The van der Waals surface area contributed by atoms with Crippen LogP contribution in [0.15, 0.2) is 28.7 Å². The summed E-state index contributed by atoms with van der Waals surface area (Å²) in [6.45, 7) is 8.77. The number of oxazole rings is 1. The smallest absolute Gasteiger partial charge is 0.366 e. The van der Waals surface area contributed by atoms with Gasteiger partial charge in [0.25, 0.3) is 5.79 Å². The molecule has 1 aliphatic rings. The van der Waals surface area contributed by atoms with Gasteiger partial charge in [0.1, 0.15) is 5.76 Å². The van der Waals surface area contributed by atoms with Crippen molar-refractivity contribution in [2.45, 2.75) is 59.2 Å². The molecular formula is C23H31NO5. The molecule has 6 heteroatoms. The van der Waals surface area contributed by atoms with Crippen molar-refractivity contribution < 1.29 is 23.4 Å². The van der Waals surface area contributed by atoms with Gasteiger partial charge >= 0.3 is 5.97 Å². The highest BCUT2D eigenvalue weighted by atomic mass is 16.7. The van der Waals surface area contributed by atoms with Gasteiger partial charge in [-0.05, 0) is 52.2 Å². The molecule has 0 saturated carbocycles. The summed E-state index contributed by atoms with van der Waals surface area (Å²) in [4.78, 5) is 16.6. The van der Waals surface area contributed by atoms with Gasteiger partial charge in [0.15, 0.2) is 0 Å². The fourth-order valence-corrected chi connectivity index (χ4v) is 3.40. The highest BCUT2D eigenvalue weighted by molar-refractivity contribution is 5.77. The third-order valence-electron chi connectivity index (χ3n) is 5.30. The van der Waals surface area contributed by atoms with E-state index in [1.54, 1.807) is 13.8 Å². The molecule has 2 heterocycles. The summed E-state index contributed by atoms with van der Waals surface area (Å²) in [5.41, 5.74) is 3.24. The quantitative estimate of drug-likeness (QED) is 0.475. The van der Waals surface area contributed by atoms with E-state index in [1.807, 2.05) is 19.1 Å². The Morgan fingerprint density at radius 1 is 1.17 bits per heavy atom. The molecule has 0 aliphatic carbocycles. The molecule has 0 unspecified atom stereocenters. The molecule has 1 aromatic heterocycles. The molecule has 0 radical (unpaired) electrons. The van der Waals surface area contributed by atoms with Crippen molar-refractivity contribution in [1.29, 1.82) is 0 Å². The maximum Gasteiger partial charge on any atom is 0.366 e. The van der Waals surface area contributed by atoms with Gasteiger partial charge in [0, 0.05) is 18.4 Å². The van der Waals surface area contributed by atoms with E-state index in [0.717, 1.165) is 42.7 Å². The molecule has 1 aromatic carbocycles. The summed E-state index contributed by atoms with van der Waals surface area (Å²) in [6, 6.07) is 8.21. The predicted octanol–water partition coefficient (Wildman–Crippen LogP) is 4.61. The van der Waals surface area contributed by atoms with Gasteiger partial charge in [-0.2, -0.15) is 0 Å². The highest BCUT2D eigenvalue weighted by Gasteiger charge is 2.41. The van der Waals surface area contributed by atoms with Crippen molar-refractivity contribution in [2.75, 3.05) is 19.8 Å². The van der Waals surface area contributed by atoms with Crippen molar-refractivity contribution in [3.8, 4) is 11.5 Å². The van der Waals surface area contributed by atoms with E-state index >= 15 is 0 Å². The number of unbranched alkanes of at least 4 members (excludes halogenated alkanes) is 1. The van der Waals surface area contributed by atoms with Crippen molar-refractivity contribution in [2.24, 2.45) is 5.92 Å². The second-order valence-electron chi connectivity index (χ2n) is 7.79. The number of carbonyl (C=O) groups excluding carboxylic acids is 1. The number of hydrogen-bond acceptors (Lipinski definition) is 6. The number of rotatable bonds is 8. The van der Waals surface area contributed by atoms with Crippen molar-refractivity contribution in [3.05, 3.63) is 41.3 Å². The van der Waals surface area contributed by atoms with E-state index < -0.39 is 11.8 Å². The summed E-state index contributed by atoms with van der Waals surface area (Å²) in [6.07, 6.45) is 3.93. The standard InChI is InChI=1S/C23H31NO5/c1-5-26-22(25)23(4)27-14-18(15-28-23)8-6-7-9-20-17(3)29-21(24-20)19-12-10-16(2)11-13-19/h10-13,18H,5-9,14-15H2,1-4H3. The Morgan fingerprint density at radius 2 is 1.86 bits per heavy atom. The van der Waals surface area contributed by atoms with Crippen LogP contribution < -0.4 is 0 Å². The Labute approximate surface area is 172 Å². The number of aryl methyl sites for hydroxylation is 3. The molecule has 0 N–H and O–H groups in total. The molecule has 1 saturated heterocycles. The Morgan fingerprint density at radius 3 is 2.52 bits per heavy atom. The molecule has 3 rings (SSSR count). The molecule has 158 valence electrons. The van der Waals surface area contributed by atoms with E-state index in [9.17, 15) is 4.79 Å². The summed E-state index contributed by atoms with van der Waals surface area (Å²) in [5.74, 6) is 0.139. The van der Waals surface area contributed by atoms with Crippen LogP contribution in [0.25, 0.3) is 11.5 Å². The van der Waals surface area contributed by atoms with Crippen LogP contribution in [0.2, 0.25) is 0 Å². The third-order valence-corrected chi connectivity index (χ3v) is 5.30. The van der Waals surface area contributed by atoms with Gasteiger partial charge in [-0.25, -0.2) is 9.78 Å². The molecule has 1 fully saturated rings. The second kappa shape index (κ2) is 9.55. The zero-order valence-corrected chi connectivity index (χ0v) is 17.8. The lowest BCUT2D eigenvalue weighted by Gasteiger charge is -2.35. The van der Waals surface area contributed by atoms with Gasteiger partial charge in [0.05, 0.1) is 25.5 Å². The van der Waals surface area contributed by atoms with Crippen LogP contribution in [-0.2, 0) is 25.4 Å². The van der Waals surface area contributed by atoms with E-state index in [-0.39, 0.29) is 0 Å². The number of ether oxygens (including phenoxy) is 3. The van der Waals surface area contributed by atoms with Crippen molar-refractivity contribution >= 4 is 5.97 Å². The average molecular weight is 402 g/mol. The molecule has 0 bridgehead atoms. The topological polar surface area (TPSA) is 70.8 Å². The van der Waals surface area contributed by atoms with Crippen LogP contribution in [0.4, 0.5) is 0 Å². The van der Waals surface area contributed by atoms with E-state index in [1.165, 1.54) is 5.56 Å². The fraction of sp³-hybridized carbons (Fsp3) is 0.565. The molecule has 6 nitrogen and oxygen atoms in total. The molecule has 0 spiro atoms. The van der Waals surface area contributed by atoms with E-state index in [4.69, 9.17) is 18.6 Å². The number of benzene rings is 1. The largest absolute Gasteiger partial charge is 0.462 e. The Hall–Kier alpha value is -2.18. The van der Waals surface area contributed by atoms with Gasteiger partial charge in [0.2, 0.25) is 5.89 Å². The maximum atomic E-state index is 11.9. The summed E-state index contributed by atoms with van der Waals surface area (Å²) in [7, 11) is 0. The van der Waals surface area contributed by atoms with Crippen LogP contribution in [0.3, 0.4) is 0 Å². The molecule has 0 atom stereocenters. The minimum atomic E-state index is -1.27. The summed E-state index contributed by atoms with van der Waals surface area (Å²) >= 11 is 0. The minimum Gasteiger partial charge on any atom is -0.462 e. The lowest BCUT2D eigenvalue weighted by Crippen LogP contribution is -2.48. The summed E-state index contributed by atoms with van der Waals surface area (Å²) in [5, 5.41) is 0. The van der Waals surface area contributed by atoms with E-state index in [2.05, 4.69) is 24.0 Å². The number of carbonyl (C=O) groups is 1. The Kier molecular flexibility index (Phi) is 7.09. The van der Waals surface area contributed by atoms with E-state index in [0.29, 0.717) is 31.6 Å². The number of aromatic nitrogens is 1. The number of nitrogens with zero attached hydrogens (tertiary/aromatic N) is 1. The first-order valence-electron chi connectivity index (χ1n) is 10.4. The molecule has 29 heavy (non-hydrogen) atoms. The van der Waals surface area contributed by atoms with Crippen LogP contribution in [0, 0.1) is 19.8 Å². The first-order chi connectivity index (χ1) is 13.9. The van der Waals surface area contributed by atoms with Gasteiger partial charge in [-0.3, -0.25) is 0 Å². The summed E-state index contributed by atoms with van der Waals surface area (Å²) < 4.78 is 22.2. The molecule has 2 aromatic rings. The zero-order chi connectivity index (χ0) is 20.9. The fourth-order valence-electron chi connectivity index (χ4n) is 3.40. The maximum absolute atomic E-state index is 11.9. The predicted molar refractivity (Wildman–Crippen MR) is 109 cm³/mol. The zero-order valence-electron chi connectivity index (χ0n) is 17.8. The van der Waals surface area contributed by atoms with Crippen LogP contribution >= 0.6 is 0 Å². The third kappa shape index (κ3) is 5.46. The average Bonchev–Trinajstić information content (AvgIpc) is 3.08. The van der Waals surface area contributed by atoms with Crippen LogP contribution in [0.1, 0.15) is 50.1 Å². The molecule has 0 amide bonds. The SMILES string of the molecule is CCOC(=O)C1(C)OCC(CCCCc2nc(-c3ccc(C)cc3)oc2C)CO1. The van der Waals surface area contributed by atoms with Gasteiger partial charge < -0.3 is 18.6 Å². The minimum absolute atomic E-state index is 0.291. The molecular weight excluding hydrogens is 370 g/mol. The van der Waals surface area contributed by atoms with Crippen molar-refractivity contribution in [3.63, 3.8) is 0 Å². The first-order valence-corrected chi connectivity index (χ1v) is 10.4. The number of esters is 1. The van der Waals surface area contributed by atoms with Crippen molar-refractivity contribution in [1.82, 2.24) is 4.98 Å². The lowest BCUT2D eigenvalue weighted by atomic mass is 10.0. The Balaban J connectivity index is 1.42. The highest BCUT2D eigenvalue weighted by Crippen LogP contribution is 2.27. The van der Waals surface area contributed by atoms with Crippen LogP contribution in [-0.4, -0.2) is 36.6 Å². The van der Waals surface area contributed by atoms with Crippen LogP contribution in [0.5, 0.6) is 0 Å². The lowest BCUT2D eigenvalue weighted by molar-refractivity contribution is -0.274. The van der Waals surface area contributed by atoms with Gasteiger partial charge in [-0.1, -0.05) is 24.1 Å².